The lowest BCUT2D eigenvalue weighted by molar-refractivity contribution is 0.100. The van der Waals surface area contributed by atoms with Gasteiger partial charge in [-0.25, -0.2) is 9.37 Å². The van der Waals surface area contributed by atoms with Crippen LogP contribution in [0.15, 0.2) is 18.2 Å². The zero-order valence-electron chi connectivity index (χ0n) is 15.6. The molecule has 1 saturated carbocycles. The monoisotopic (exact) mass is 372 g/mol. The second kappa shape index (κ2) is 7.87. The molecule has 0 radical (unpaired) electrons. The highest BCUT2D eigenvalue weighted by molar-refractivity contribution is 5.98. The first-order valence-corrected chi connectivity index (χ1v) is 9.08. The fraction of sp³-hybridized carbons (Fsp3) is 0.421. The van der Waals surface area contributed by atoms with E-state index < -0.39 is 11.7 Å². The maximum atomic E-state index is 14.5. The molecule has 1 aliphatic carbocycles. The molecule has 2 atom stereocenters. The summed E-state index contributed by atoms with van der Waals surface area (Å²) in [5.74, 6) is -1.13. The summed E-state index contributed by atoms with van der Waals surface area (Å²) in [6, 6.07) is 4.62. The number of nitrogens with zero attached hydrogens (tertiary/aromatic N) is 2. The van der Waals surface area contributed by atoms with Gasteiger partial charge in [0.25, 0.3) is 5.91 Å². The molecule has 1 unspecified atom stereocenters. The summed E-state index contributed by atoms with van der Waals surface area (Å²) in [6.45, 7) is 3.73. The Morgan fingerprint density at radius 1 is 1.11 bits per heavy atom. The van der Waals surface area contributed by atoms with Crippen molar-refractivity contribution in [2.45, 2.75) is 51.6 Å². The largest absolute Gasteiger partial charge is 0.365 e. The molecule has 1 aliphatic rings. The third kappa shape index (κ3) is 4.51. The number of halogens is 1. The van der Waals surface area contributed by atoms with Crippen molar-refractivity contribution >= 4 is 23.2 Å². The van der Waals surface area contributed by atoms with E-state index >= 15 is 0 Å². The Morgan fingerprint density at radius 2 is 1.78 bits per heavy atom. The summed E-state index contributed by atoms with van der Waals surface area (Å²) in [7, 11) is 0. The van der Waals surface area contributed by atoms with E-state index in [2.05, 4.69) is 20.6 Å². The van der Waals surface area contributed by atoms with E-state index in [-0.39, 0.29) is 29.3 Å². The quantitative estimate of drug-likeness (QED) is 0.641. The number of nitrogens with one attached hydrogen (secondary N) is 2. The van der Waals surface area contributed by atoms with Crippen LogP contribution < -0.4 is 22.1 Å². The number of anilines is 3. The van der Waals surface area contributed by atoms with Crippen LogP contribution in [-0.2, 0) is 0 Å². The zero-order valence-corrected chi connectivity index (χ0v) is 15.6. The van der Waals surface area contributed by atoms with Crippen LogP contribution in [0.5, 0.6) is 0 Å². The van der Waals surface area contributed by atoms with Crippen LogP contribution >= 0.6 is 0 Å². The molecule has 0 saturated heterocycles. The molecule has 1 amide bonds. The van der Waals surface area contributed by atoms with Gasteiger partial charge in [-0.2, -0.15) is 0 Å². The van der Waals surface area contributed by atoms with E-state index in [0.717, 1.165) is 43.1 Å². The molecule has 8 heteroatoms. The van der Waals surface area contributed by atoms with Crippen LogP contribution in [0.4, 0.5) is 21.7 Å². The number of pyridine rings is 2. The number of amides is 1. The minimum atomic E-state index is -0.757. The summed E-state index contributed by atoms with van der Waals surface area (Å²) in [5, 5.41) is 6.16. The molecule has 3 rings (SSSR count). The molecule has 7 nitrogen and oxygen atoms in total. The third-order valence-corrected chi connectivity index (χ3v) is 4.73. The van der Waals surface area contributed by atoms with E-state index in [1.807, 2.05) is 26.0 Å². The van der Waals surface area contributed by atoms with E-state index in [1.54, 1.807) is 0 Å². The number of aryl methyl sites for hydroxylation is 2. The number of carbonyl (C=O) groups is 1. The molecule has 2 heterocycles. The minimum absolute atomic E-state index is 0.0156. The Bertz CT molecular complexity index is 836. The number of rotatable bonds is 5. The Labute approximate surface area is 157 Å². The molecule has 144 valence electrons. The molecule has 0 spiro atoms. The Balaban J connectivity index is 1.94. The fourth-order valence-electron chi connectivity index (χ4n) is 3.43. The first kappa shape index (κ1) is 19.0. The molecule has 2 aromatic rings. The van der Waals surface area contributed by atoms with E-state index in [0.29, 0.717) is 5.69 Å². The molecule has 0 bridgehead atoms. The van der Waals surface area contributed by atoms with Gasteiger partial charge in [-0.05, 0) is 44.9 Å². The average molecular weight is 372 g/mol. The van der Waals surface area contributed by atoms with Gasteiger partial charge in [-0.1, -0.05) is 12.8 Å². The normalized spacial score (nSPS) is 19.6. The molecule has 2 aromatic heterocycles. The number of hydrogen-bond acceptors (Lipinski definition) is 6. The van der Waals surface area contributed by atoms with Crippen molar-refractivity contribution in [3.8, 4) is 0 Å². The van der Waals surface area contributed by atoms with Crippen LogP contribution in [-0.4, -0.2) is 28.0 Å². The Hall–Kier alpha value is -2.74. The van der Waals surface area contributed by atoms with Gasteiger partial charge in [-0.3, -0.25) is 9.78 Å². The highest BCUT2D eigenvalue weighted by atomic mass is 19.1. The van der Waals surface area contributed by atoms with E-state index in [4.69, 9.17) is 11.5 Å². The van der Waals surface area contributed by atoms with Crippen LogP contribution in [0.3, 0.4) is 0 Å². The molecular weight excluding hydrogens is 347 g/mol. The third-order valence-electron chi connectivity index (χ3n) is 4.73. The lowest BCUT2D eigenvalue weighted by Crippen LogP contribution is -2.43. The molecule has 6 N–H and O–H groups in total. The van der Waals surface area contributed by atoms with E-state index in [9.17, 15) is 9.18 Å². The topological polar surface area (TPSA) is 119 Å². The van der Waals surface area contributed by atoms with Crippen LogP contribution in [0.1, 0.15) is 47.4 Å². The van der Waals surface area contributed by atoms with Crippen molar-refractivity contribution in [2.24, 2.45) is 11.5 Å². The van der Waals surface area contributed by atoms with Crippen LogP contribution in [0.25, 0.3) is 0 Å². The zero-order chi connectivity index (χ0) is 19.6. The Morgan fingerprint density at radius 3 is 2.41 bits per heavy atom. The number of carbonyl (C=O) groups excluding carboxylic acids is 1. The van der Waals surface area contributed by atoms with E-state index in [1.165, 1.54) is 0 Å². The van der Waals surface area contributed by atoms with Gasteiger partial charge in [0.2, 0.25) is 0 Å². The molecular formula is C19H25FN6O. The summed E-state index contributed by atoms with van der Waals surface area (Å²) >= 11 is 0. The predicted octanol–water partition coefficient (Wildman–Crippen LogP) is 2.76. The van der Waals surface area contributed by atoms with Crippen molar-refractivity contribution in [3.05, 3.63) is 41.0 Å². The van der Waals surface area contributed by atoms with Crippen LogP contribution in [0.2, 0.25) is 0 Å². The number of aromatic nitrogens is 2. The predicted molar refractivity (Wildman–Crippen MR) is 104 cm³/mol. The first-order chi connectivity index (χ1) is 12.8. The lowest BCUT2D eigenvalue weighted by Gasteiger charge is -2.30. The highest BCUT2D eigenvalue weighted by Crippen LogP contribution is 2.27. The number of nitrogens with two attached hydrogens (primary N) is 2. The van der Waals surface area contributed by atoms with Crippen molar-refractivity contribution in [1.29, 1.82) is 0 Å². The number of hydrogen-bond donors (Lipinski definition) is 4. The van der Waals surface area contributed by atoms with Gasteiger partial charge >= 0.3 is 0 Å². The van der Waals surface area contributed by atoms with Gasteiger partial charge in [0.15, 0.2) is 11.6 Å². The van der Waals surface area contributed by atoms with Gasteiger partial charge in [-0.15, -0.1) is 0 Å². The molecule has 0 aromatic carbocycles. The van der Waals surface area contributed by atoms with Crippen molar-refractivity contribution in [3.63, 3.8) is 0 Å². The van der Waals surface area contributed by atoms with Gasteiger partial charge in [0.05, 0.1) is 5.56 Å². The summed E-state index contributed by atoms with van der Waals surface area (Å²) in [5.41, 5.74) is 13.9. The smallest absolute Gasteiger partial charge is 0.252 e. The van der Waals surface area contributed by atoms with Crippen molar-refractivity contribution in [2.75, 3.05) is 10.6 Å². The summed E-state index contributed by atoms with van der Waals surface area (Å²) in [4.78, 5) is 20.4. The standard InChI is InChI=1S/C19H25FN6O/c1-10-7-12(8-11(2)23-10)24-18-13(17(22)27)9-14(20)19(26-18)25-16-6-4-3-5-15(16)21/h7-9,15-16H,3-6,21H2,1-2H3,(H2,22,27)(H2,23,24,25,26)/t15-,16?/m0/s1. The molecule has 0 aliphatic heterocycles. The maximum Gasteiger partial charge on any atom is 0.252 e. The summed E-state index contributed by atoms with van der Waals surface area (Å²) < 4.78 is 14.5. The SMILES string of the molecule is Cc1cc(Nc2nc(NC3CCCC[C@@H]3N)c(F)cc2C(N)=O)cc(C)n1. The summed E-state index contributed by atoms with van der Waals surface area (Å²) in [6.07, 6.45) is 3.85. The van der Waals surface area contributed by atoms with Gasteiger partial charge < -0.3 is 22.1 Å². The second-order valence-electron chi connectivity index (χ2n) is 7.04. The highest BCUT2D eigenvalue weighted by Gasteiger charge is 2.24. The molecule has 27 heavy (non-hydrogen) atoms. The number of primary amides is 1. The van der Waals surface area contributed by atoms with Gasteiger partial charge in [0.1, 0.15) is 5.82 Å². The lowest BCUT2D eigenvalue weighted by atomic mass is 9.91. The molecule has 1 fully saturated rings. The Kier molecular flexibility index (Phi) is 5.55. The maximum absolute atomic E-state index is 14.5. The average Bonchev–Trinajstić information content (AvgIpc) is 2.58. The first-order valence-electron chi connectivity index (χ1n) is 9.08. The fourth-order valence-corrected chi connectivity index (χ4v) is 3.43. The minimum Gasteiger partial charge on any atom is -0.365 e. The van der Waals surface area contributed by atoms with Crippen LogP contribution in [0, 0.1) is 19.7 Å². The van der Waals surface area contributed by atoms with Crippen molar-refractivity contribution in [1.82, 2.24) is 9.97 Å². The van der Waals surface area contributed by atoms with Gasteiger partial charge in [0, 0.05) is 29.2 Å². The second-order valence-corrected chi connectivity index (χ2v) is 7.04. The van der Waals surface area contributed by atoms with Crippen molar-refractivity contribution < 1.29 is 9.18 Å².